The van der Waals surface area contributed by atoms with Crippen LogP contribution in [0.2, 0.25) is 0 Å². The normalized spacial score (nSPS) is 11.4. The fourth-order valence-electron chi connectivity index (χ4n) is 2.31. The number of carbonyl (C=O) groups excluding carboxylic acids is 1. The van der Waals surface area contributed by atoms with Crippen LogP contribution < -0.4 is 5.32 Å². The van der Waals surface area contributed by atoms with Crippen molar-refractivity contribution in [1.82, 2.24) is 10.3 Å². The Kier molecular flexibility index (Phi) is 5.88. The number of carbonyl (C=O) groups is 1. The molecule has 0 radical (unpaired) electrons. The van der Waals surface area contributed by atoms with Gasteiger partial charge < -0.3 is 5.32 Å². The molecule has 0 saturated carbocycles. The summed E-state index contributed by atoms with van der Waals surface area (Å²) in [5.41, 5.74) is 5.21. The van der Waals surface area contributed by atoms with Gasteiger partial charge in [-0.1, -0.05) is 88.9 Å². The maximum absolute atomic E-state index is 11.6. The lowest BCUT2D eigenvalue weighted by atomic mass is 10.1. The van der Waals surface area contributed by atoms with Crippen LogP contribution in [0.5, 0.6) is 0 Å². The van der Waals surface area contributed by atoms with E-state index in [-0.39, 0.29) is 0 Å². The molecule has 0 aliphatic heterocycles. The Morgan fingerprint density at radius 3 is 2.27 bits per heavy atom. The molecule has 0 unspecified atom stereocenters. The third kappa shape index (κ3) is 4.77. The second-order valence-electron chi connectivity index (χ2n) is 5.78. The summed E-state index contributed by atoms with van der Waals surface area (Å²) in [5.74, 6) is -0.644. The predicted octanol–water partition coefficient (Wildman–Crippen LogP) is 5.77. The summed E-state index contributed by atoms with van der Waals surface area (Å²) in [4.78, 5) is 16.3. The zero-order chi connectivity index (χ0) is 18.7. The Morgan fingerprint density at radius 2 is 1.65 bits per heavy atom. The van der Waals surface area contributed by atoms with E-state index in [0.29, 0.717) is 6.54 Å². The number of benzene rings is 2. The van der Waals surface area contributed by atoms with E-state index >= 15 is 0 Å². The number of nitrogens with zero attached hydrogens (tertiary/aromatic N) is 1. The minimum absolute atomic E-state index is 0.291. The number of amides is 1. The molecule has 134 valence electrons. The lowest BCUT2D eigenvalue weighted by Crippen LogP contribution is -2.33. The number of aromatic nitrogens is 1. The van der Waals surface area contributed by atoms with Crippen molar-refractivity contribution in [2.24, 2.45) is 0 Å². The average molecular weight is 426 g/mol. The lowest BCUT2D eigenvalue weighted by molar-refractivity contribution is -0.120. The van der Waals surface area contributed by atoms with E-state index in [1.54, 1.807) is 11.3 Å². The van der Waals surface area contributed by atoms with Crippen LogP contribution in [-0.2, 0) is 11.3 Å². The topological polar surface area (TPSA) is 42.0 Å². The molecule has 1 amide bonds. The van der Waals surface area contributed by atoms with Crippen molar-refractivity contribution >= 4 is 52.0 Å². The van der Waals surface area contributed by atoms with E-state index in [2.05, 4.69) is 41.9 Å². The standard InChI is InChI=1S/C19H15Cl3N2OS/c1-12-2-6-14(7-3-12)16-11-26-17(24-16)15-8-4-13(5-9-15)10-23-18(25)19(20,21)22/h2-9,11H,10H2,1H3,(H,23,25). The van der Waals surface area contributed by atoms with Crippen LogP contribution in [-0.4, -0.2) is 14.7 Å². The molecule has 1 heterocycles. The van der Waals surface area contributed by atoms with E-state index in [1.165, 1.54) is 5.56 Å². The van der Waals surface area contributed by atoms with Gasteiger partial charge in [0.05, 0.1) is 5.69 Å². The van der Waals surface area contributed by atoms with Crippen molar-refractivity contribution in [2.75, 3.05) is 0 Å². The first-order valence-corrected chi connectivity index (χ1v) is 9.81. The first-order chi connectivity index (χ1) is 12.3. The van der Waals surface area contributed by atoms with Crippen LogP contribution in [0.4, 0.5) is 0 Å². The Hall–Kier alpha value is -1.59. The molecule has 3 aromatic rings. The number of aryl methyl sites for hydroxylation is 1. The van der Waals surface area contributed by atoms with Gasteiger partial charge in [0, 0.05) is 23.1 Å². The van der Waals surface area contributed by atoms with E-state index in [4.69, 9.17) is 39.8 Å². The molecule has 0 bridgehead atoms. The smallest absolute Gasteiger partial charge is 0.272 e. The van der Waals surface area contributed by atoms with Crippen molar-refractivity contribution in [2.45, 2.75) is 17.3 Å². The maximum Gasteiger partial charge on any atom is 0.272 e. The van der Waals surface area contributed by atoms with E-state index in [0.717, 1.165) is 27.4 Å². The van der Waals surface area contributed by atoms with Gasteiger partial charge in [-0.15, -0.1) is 11.3 Å². The molecule has 1 N–H and O–H groups in total. The molecule has 7 heteroatoms. The van der Waals surface area contributed by atoms with Crippen LogP contribution in [0.3, 0.4) is 0 Å². The van der Waals surface area contributed by atoms with Crippen molar-refractivity contribution in [3.63, 3.8) is 0 Å². The molecule has 26 heavy (non-hydrogen) atoms. The Morgan fingerprint density at radius 1 is 1.04 bits per heavy atom. The van der Waals surface area contributed by atoms with Gasteiger partial charge in [-0.3, -0.25) is 4.79 Å². The average Bonchev–Trinajstić information content (AvgIpc) is 3.10. The summed E-state index contributed by atoms with van der Waals surface area (Å²) >= 11 is 18.2. The zero-order valence-corrected chi connectivity index (χ0v) is 16.9. The SMILES string of the molecule is Cc1ccc(-c2csc(-c3ccc(CNC(=O)C(Cl)(Cl)Cl)cc3)n2)cc1. The van der Waals surface area contributed by atoms with Gasteiger partial charge >= 0.3 is 0 Å². The fourth-order valence-corrected chi connectivity index (χ4v) is 3.35. The molecular weight excluding hydrogens is 411 g/mol. The quantitative estimate of drug-likeness (QED) is 0.539. The molecule has 0 saturated heterocycles. The molecular formula is C19H15Cl3N2OS. The third-order valence-electron chi connectivity index (χ3n) is 3.76. The second-order valence-corrected chi connectivity index (χ2v) is 8.92. The van der Waals surface area contributed by atoms with Crippen molar-refractivity contribution in [3.05, 3.63) is 65.0 Å². The Labute approximate surface area is 170 Å². The number of rotatable bonds is 4. The van der Waals surface area contributed by atoms with E-state index < -0.39 is 9.70 Å². The summed E-state index contributed by atoms with van der Waals surface area (Å²) in [6, 6.07) is 16.1. The summed E-state index contributed by atoms with van der Waals surface area (Å²) in [5, 5.41) is 5.57. The van der Waals surface area contributed by atoms with Gasteiger partial charge in [0.15, 0.2) is 0 Å². The van der Waals surface area contributed by atoms with E-state index in [9.17, 15) is 4.79 Å². The predicted molar refractivity (Wildman–Crippen MR) is 110 cm³/mol. The molecule has 3 nitrogen and oxygen atoms in total. The highest BCUT2D eigenvalue weighted by atomic mass is 35.6. The number of halogens is 3. The Balaban J connectivity index is 1.69. The van der Waals surface area contributed by atoms with Crippen molar-refractivity contribution < 1.29 is 4.79 Å². The number of hydrogen-bond acceptors (Lipinski definition) is 3. The first-order valence-electron chi connectivity index (χ1n) is 7.80. The molecule has 3 rings (SSSR count). The largest absolute Gasteiger partial charge is 0.348 e. The van der Waals surface area contributed by atoms with Crippen LogP contribution in [0.1, 0.15) is 11.1 Å². The number of hydrogen-bond donors (Lipinski definition) is 1. The number of alkyl halides is 3. The summed E-state index contributed by atoms with van der Waals surface area (Å²) < 4.78 is -1.95. The summed E-state index contributed by atoms with van der Waals surface area (Å²) in [6.45, 7) is 2.35. The summed E-state index contributed by atoms with van der Waals surface area (Å²) in [7, 11) is 0. The molecule has 0 aliphatic carbocycles. The van der Waals surface area contributed by atoms with Gasteiger partial charge in [-0.05, 0) is 12.5 Å². The third-order valence-corrected chi connectivity index (χ3v) is 5.17. The highest BCUT2D eigenvalue weighted by Gasteiger charge is 2.30. The van der Waals surface area contributed by atoms with Gasteiger partial charge in [0.25, 0.3) is 9.70 Å². The van der Waals surface area contributed by atoms with Gasteiger partial charge in [-0.2, -0.15) is 0 Å². The highest BCUT2D eigenvalue weighted by Crippen LogP contribution is 2.29. The molecule has 2 aromatic carbocycles. The van der Waals surface area contributed by atoms with Crippen molar-refractivity contribution in [3.8, 4) is 21.8 Å². The molecule has 0 spiro atoms. The van der Waals surface area contributed by atoms with Crippen LogP contribution in [0.25, 0.3) is 21.8 Å². The monoisotopic (exact) mass is 424 g/mol. The molecule has 1 aromatic heterocycles. The van der Waals surface area contributed by atoms with Crippen molar-refractivity contribution in [1.29, 1.82) is 0 Å². The number of nitrogens with one attached hydrogen (secondary N) is 1. The van der Waals surface area contributed by atoms with E-state index in [1.807, 2.05) is 24.3 Å². The molecule has 0 aliphatic rings. The van der Waals surface area contributed by atoms with Gasteiger partial charge in [0.1, 0.15) is 5.01 Å². The molecule has 0 fully saturated rings. The first kappa shape index (κ1) is 19.2. The zero-order valence-electron chi connectivity index (χ0n) is 13.8. The van der Waals surface area contributed by atoms with Gasteiger partial charge in [0.2, 0.25) is 0 Å². The maximum atomic E-state index is 11.6. The highest BCUT2D eigenvalue weighted by molar-refractivity contribution is 7.13. The molecule has 0 atom stereocenters. The minimum atomic E-state index is -1.95. The lowest BCUT2D eigenvalue weighted by Gasteiger charge is -2.11. The Bertz CT molecular complexity index is 900. The van der Waals surface area contributed by atoms with Crippen LogP contribution in [0, 0.1) is 6.92 Å². The van der Waals surface area contributed by atoms with Crippen LogP contribution >= 0.6 is 46.1 Å². The minimum Gasteiger partial charge on any atom is -0.348 e. The van der Waals surface area contributed by atoms with Gasteiger partial charge in [-0.25, -0.2) is 4.98 Å². The van der Waals surface area contributed by atoms with Crippen LogP contribution in [0.15, 0.2) is 53.9 Å². The fraction of sp³-hybridized carbons (Fsp3) is 0.158. The second kappa shape index (κ2) is 7.97. The summed E-state index contributed by atoms with van der Waals surface area (Å²) in [6.07, 6.45) is 0. The number of thiazole rings is 1.